The van der Waals surface area contributed by atoms with Gasteiger partial charge in [-0.2, -0.15) is 0 Å². The van der Waals surface area contributed by atoms with Crippen LogP contribution in [-0.4, -0.2) is 9.97 Å². The molecule has 0 amide bonds. The number of hydrogen-bond acceptors (Lipinski definition) is 2. The maximum Gasteiger partial charge on any atom is 0.140 e. The van der Waals surface area contributed by atoms with Gasteiger partial charge in [0.05, 0.1) is 11.4 Å². The topological polar surface area (TPSA) is 54.7 Å². The van der Waals surface area contributed by atoms with Gasteiger partial charge in [0.25, 0.3) is 0 Å². The van der Waals surface area contributed by atoms with Crippen molar-refractivity contribution in [1.29, 1.82) is 0 Å². The summed E-state index contributed by atoms with van der Waals surface area (Å²) < 4.78 is 0. The molecule has 3 N–H and O–H groups in total. The minimum absolute atomic E-state index is 0.738. The number of nitrogens with zero attached hydrogens (tertiary/aromatic N) is 1. The predicted octanol–water partition coefficient (Wildman–Crippen LogP) is 2.81. The van der Waals surface area contributed by atoms with Crippen molar-refractivity contribution >= 4 is 16.7 Å². The highest BCUT2D eigenvalue weighted by Gasteiger charge is 2.03. The SMILES string of the molecule is Nc1c[nH]c2nc(-c3ccccc3)ccc12. The number of aromatic nitrogens is 2. The molecule has 3 nitrogen and oxygen atoms in total. The largest absolute Gasteiger partial charge is 0.397 e. The minimum atomic E-state index is 0.738. The number of nitrogens with one attached hydrogen (secondary N) is 1. The first-order valence-electron chi connectivity index (χ1n) is 5.13. The van der Waals surface area contributed by atoms with Crippen molar-refractivity contribution in [2.45, 2.75) is 0 Å². The molecule has 3 rings (SSSR count). The Hall–Kier alpha value is -2.29. The lowest BCUT2D eigenvalue weighted by Gasteiger charge is -2.00. The number of anilines is 1. The highest BCUT2D eigenvalue weighted by molar-refractivity contribution is 5.89. The van der Waals surface area contributed by atoms with Gasteiger partial charge in [-0.1, -0.05) is 30.3 Å². The van der Waals surface area contributed by atoms with Crippen LogP contribution >= 0.6 is 0 Å². The molecule has 78 valence electrons. The summed E-state index contributed by atoms with van der Waals surface area (Å²) in [5.41, 5.74) is 9.43. The molecule has 3 heteroatoms. The zero-order chi connectivity index (χ0) is 11.0. The lowest BCUT2D eigenvalue weighted by molar-refractivity contribution is 1.32. The lowest BCUT2D eigenvalue weighted by atomic mass is 10.1. The van der Waals surface area contributed by atoms with Gasteiger partial charge in [0.15, 0.2) is 0 Å². The Morgan fingerprint density at radius 3 is 2.62 bits per heavy atom. The van der Waals surface area contributed by atoms with Crippen LogP contribution < -0.4 is 5.73 Å². The van der Waals surface area contributed by atoms with E-state index in [-0.39, 0.29) is 0 Å². The number of aromatic amines is 1. The quantitative estimate of drug-likeness (QED) is 0.647. The van der Waals surface area contributed by atoms with Gasteiger partial charge in [0, 0.05) is 17.1 Å². The molecule has 0 radical (unpaired) electrons. The van der Waals surface area contributed by atoms with E-state index in [1.54, 1.807) is 6.20 Å². The molecule has 1 aromatic carbocycles. The number of nitrogens with two attached hydrogens (primary N) is 1. The van der Waals surface area contributed by atoms with Crippen LogP contribution in [0.2, 0.25) is 0 Å². The molecular weight excluding hydrogens is 198 g/mol. The highest BCUT2D eigenvalue weighted by atomic mass is 14.9. The normalized spacial score (nSPS) is 10.8. The third-order valence-electron chi connectivity index (χ3n) is 2.64. The van der Waals surface area contributed by atoms with Crippen LogP contribution in [0.5, 0.6) is 0 Å². The summed E-state index contributed by atoms with van der Waals surface area (Å²) in [6.45, 7) is 0. The van der Waals surface area contributed by atoms with E-state index in [0.29, 0.717) is 0 Å². The van der Waals surface area contributed by atoms with Gasteiger partial charge < -0.3 is 10.7 Å². The monoisotopic (exact) mass is 209 g/mol. The van der Waals surface area contributed by atoms with Gasteiger partial charge in [0.2, 0.25) is 0 Å². The molecule has 0 bridgehead atoms. The molecule has 0 atom stereocenters. The third kappa shape index (κ3) is 1.34. The fraction of sp³-hybridized carbons (Fsp3) is 0. The summed E-state index contributed by atoms with van der Waals surface area (Å²) in [6.07, 6.45) is 1.77. The second kappa shape index (κ2) is 3.38. The molecule has 2 heterocycles. The van der Waals surface area contributed by atoms with E-state index in [4.69, 9.17) is 5.73 Å². The van der Waals surface area contributed by atoms with E-state index in [1.807, 2.05) is 42.5 Å². The first-order chi connectivity index (χ1) is 7.84. The van der Waals surface area contributed by atoms with Gasteiger partial charge >= 0.3 is 0 Å². The van der Waals surface area contributed by atoms with Gasteiger partial charge in [-0.05, 0) is 12.1 Å². The van der Waals surface area contributed by atoms with Crippen LogP contribution in [0.4, 0.5) is 5.69 Å². The summed E-state index contributed by atoms with van der Waals surface area (Å²) in [4.78, 5) is 7.59. The van der Waals surface area contributed by atoms with Gasteiger partial charge in [0.1, 0.15) is 5.65 Å². The van der Waals surface area contributed by atoms with Crippen LogP contribution in [-0.2, 0) is 0 Å². The van der Waals surface area contributed by atoms with Gasteiger partial charge in [-0.15, -0.1) is 0 Å². The molecule has 2 aromatic heterocycles. The van der Waals surface area contributed by atoms with Crippen LogP contribution in [0.3, 0.4) is 0 Å². The van der Waals surface area contributed by atoms with E-state index in [9.17, 15) is 0 Å². The Kier molecular flexibility index (Phi) is 1.90. The van der Waals surface area contributed by atoms with Gasteiger partial charge in [-0.3, -0.25) is 0 Å². The van der Waals surface area contributed by atoms with Crippen LogP contribution in [0.25, 0.3) is 22.3 Å². The Labute approximate surface area is 92.9 Å². The van der Waals surface area contributed by atoms with Crippen molar-refractivity contribution < 1.29 is 0 Å². The van der Waals surface area contributed by atoms with Crippen molar-refractivity contribution in [3.8, 4) is 11.3 Å². The standard InChI is InChI=1S/C13H11N3/c14-11-8-15-13-10(11)6-7-12(16-13)9-4-2-1-3-5-9/h1-8H,14H2,(H,15,16). The molecule has 0 unspecified atom stereocenters. The number of pyridine rings is 1. The van der Waals surface area contributed by atoms with E-state index in [2.05, 4.69) is 9.97 Å². The second-order valence-corrected chi connectivity index (χ2v) is 3.70. The van der Waals surface area contributed by atoms with Gasteiger partial charge in [-0.25, -0.2) is 4.98 Å². The zero-order valence-electron chi connectivity index (χ0n) is 8.64. The number of H-pyrrole nitrogens is 1. The zero-order valence-corrected chi connectivity index (χ0v) is 8.64. The number of benzene rings is 1. The summed E-state index contributed by atoms with van der Waals surface area (Å²) in [7, 11) is 0. The first-order valence-corrected chi connectivity index (χ1v) is 5.13. The summed E-state index contributed by atoms with van der Waals surface area (Å²) in [6, 6.07) is 14.1. The Morgan fingerprint density at radius 1 is 1.00 bits per heavy atom. The highest BCUT2D eigenvalue weighted by Crippen LogP contribution is 2.23. The summed E-state index contributed by atoms with van der Waals surface area (Å²) >= 11 is 0. The summed E-state index contributed by atoms with van der Waals surface area (Å²) in [5, 5.41) is 0.972. The lowest BCUT2D eigenvalue weighted by Crippen LogP contribution is -1.85. The van der Waals surface area contributed by atoms with E-state index >= 15 is 0 Å². The molecule has 0 aliphatic heterocycles. The molecule has 3 aromatic rings. The minimum Gasteiger partial charge on any atom is -0.397 e. The van der Waals surface area contributed by atoms with Crippen LogP contribution in [0.15, 0.2) is 48.7 Å². The molecule has 0 fully saturated rings. The first kappa shape index (κ1) is 8.97. The summed E-state index contributed by atoms with van der Waals surface area (Å²) in [5.74, 6) is 0. The molecule has 16 heavy (non-hydrogen) atoms. The van der Waals surface area contributed by atoms with Crippen LogP contribution in [0.1, 0.15) is 0 Å². The molecule has 0 saturated carbocycles. The average molecular weight is 209 g/mol. The average Bonchev–Trinajstić information content (AvgIpc) is 2.72. The molecule has 0 saturated heterocycles. The number of nitrogen functional groups attached to an aromatic ring is 1. The third-order valence-corrected chi connectivity index (χ3v) is 2.64. The maximum absolute atomic E-state index is 5.79. The van der Waals surface area contributed by atoms with Crippen molar-refractivity contribution in [3.63, 3.8) is 0 Å². The van der Waals surface area contributed by atoms with Crippen LogP contribution in [0, 0.1) is 0 Å². The number of fused-ring (bicyclic) bond motifs is 1. The molecular formula is C13H11N3. The van der Waals surface area contributed by atoms with Crippen molar-refractivity contribution in [3.05, 3.63) is 48.7 Å². The molecule has 0 aliphatic rings. The number of rotatable bonds is 1. The maximum atomic E-state index is 5.79. The predicted molar refractivity (Wildman–Crippen MR) is 65.9 cm³/mol. The Bertz CT molecular complexity index is 626. The Morgan fingerprint density at radius 2 is 1.81 bits per heavy atom. The van der Waals surface area contributed by atoms with E-state index < -0.39 is 0 Å². The molecule has 0 spiro atoms. The van der Waals surface area contributed by atoms with E-state index in [0.717, 1.165) is 28.0 Å². The number of hydrogen-bond donors (Lipinski definition) is 2. The Balaban J connectivity index is 2.19. The smallest absolute Gasteiger partial charge is 0.140 e. The van der Waals surface area contributed by atoms with Crippen molar-refractivity contribution in [2.24, 2.45) is 0 Å². The fourth-order valence-corrected chi connectivity index (χ4v) is 1.80. The molecule has 0 aliphatic carbocycles. The fourth-order valence-electron chi connectivity index (χ4n) is 1.80. The second-order valence-electron chi connectivity index (χ2n) is 3.70. The van der Waals surface area contributed by atoms with E-state index in [1.165, 1.54) is 0 Å². The van der Waals surface area contributed by atoms with Crippen molar-refractivity contribution in [1.82, 2.24) is 9.97 Å². The van der Waals surface area contributed by atoms with Crippen molar-refractivity contribution in [2.75, 3.05) is 5.73 Å².